The minimum absolute atomic E-state index is 0.136. The van der Waals surface area contributed by atoms with Gasteiger partial charge in [-0.3, -0.25) is 4.90 Å². The second kappa shape index (κ2) is 10.6. The number of aromatic nitrogens is 3. The predicted molar refractivity (Wildman–Crippen MR) is 157 cm³/mol. The van der Waals surface area contributed by atoms with E-state index >= 15 is 0 Å². The van der Waals surface area contributed by atoms with Gasteiger partial charge in [0.2, 0.25) is 5.88 Å². The number of carboxylic acid groups (broad SMARTS) is 1. The molecule has 0 fully saturated rings. The molecule has 0 spiro atoms. The van der Waals surface area contributed by atoms with E-state index in [0.29, 0.717) is 45.7 Å². The van der Waals surface area contributed by atoms with E-state index in [1.807, 2.05) is 60.7 Å². The lowest BCUT2D eigenvalue weighted by atomic mass is 10.0. The molecular formula is C30H23N5O5S. The molecule has 0 saturated carbocycles. The molecular weight excluding hydrogens is 542 g/mol. The number of anilines is 2. The molecule has 0 saturated heterocycles. The van der Waals surface area contributed by atoms with Crippen LogP contribution in [0.5, 0.6) is 11.6 Å². The van der Waals surface area contributed by atoms with E-state index in [9.17, 15) is 14.7 Å². The SMILES string of the molecule is COc1ccc(-c2c(OC(=O)O)n(Cc3ccc4nsnc4c3)c3ccc(N(C(N)=O)c4ccccc4)cc23)cc1. The van der Waals surface area contributed by atoms with Crippen molar-refractivity contribution >= 4 is 57.2 Å². The predicted octanol–water partition coefficient (Wildman–Crippen LogP) is 6.64. The van der Waals surface area contributed by atoms with Crippen LogP contribution in [0, 0.1) is 0 Å². The minimum atomic E-state index is -1.45. The smallest absolute Gasteiger partial charge is 0.497 e. The Morgan fingerprint density at radius 2 is 1.68 bits per heavy atom. The average Bonchev–Trinajstić information content (AvgIpc) is 3.55. The number of primary amides is 1. The minimum Gasteiger partial charge on any atom is -0.497 e. The van der Waals surface area contributed by atoms with Crippen molar-refractivity contribution in [3.63, 3.8) is 0 Å². The first-order valence-corrected chi connectivity index (χ1v) is 13.2. The van der Waals surface area contributed by atoms with Crippen LogP contribution in [0.4, 0.5) is 21.0 Å². The van der Waals surface area contributed by atoms with Crippen molar-refractivity contribution in [2.24, 2.45) is 5.73 Å². The molecule has 0 unspecified atom stereocenters. The van der Waals surface area contributed by atoms with Crippen molar-refractivity contribution < 1.29 is 24.2 Å². The number of amides is 2. The lowest BCUT2D eigenvalue weighted by molar-refractivity contribution is 0.141. The van der Waals surface area contributed by atoms with Crippen molar-refractivity contribution in [1.29, 1.82) is 0 Å². The Labute approximate surface area is 238 Å². The summed E-state index contributed by atoms with van der Waals surface area (Å²) >= 11 is 1.13. The molecule has 2 amide bonds. The molecule has 6 aromatic rings. The monoisotopic (exact) mass is 565 g/mol. The summed E-state index contributed by atoms with van der Waals surface area (Å²) in [6.45, 7) is 0.292. The first-order valence-electron chi connectivity index (χ1n) is 12.5. The van der Waals surface area contributed by atoms with Gasteiger partial charge in [-0.05, 0) is 65.7 Å². The number of carbonyl (C=O) groups excluding carboxylic acids is 1. The lowest BCUT2D eigenvalue weighted by Gasteiger charge is -2.21. The zero-order valence-electron chi connectivity index (χ0n) is 21.7. The summed E-state index contributed by atoms with van der Waals surface area (Å²) in [6.07, 6.45) is -1.45. The number of benzene rings is 4. The fourth-order valence-corrected chi connectivity index (χ4v) is 5.45. The number of fused-ring (bicyclic) bond motifs is 2. The maximum atomic E-state index is 12.6. The molecule has 41 heavy (non-hydrogen) atoms. The van der Waals surface area contributed by atoms with Crippen molar-refractivity contribution in [2.75, 3.05) is 12.0 Å². The fourth-order valence-electron chi connectivity index (χ4n) is 4.93. The summed E-state index contributed by atoms with van der Waals surface area (Å²) in [7, 11) is 1.57. The van der Waals surface area contributed by atoms with Gasteiger partial charge in [0, 0.05) is 5.39 Å². The Balaban J connectivity index is 1.60. The molecule has 0 aliphatic heterocycles. The largest absolute Gasteiger partial charge is 0.512 e. The third-order valence-corrected chi connectivity index (χ3v) is 7.27. The van der Waals surface area contributed by atoms with Crippen LogP contribution in [-0.2, 0) is 6.54 Å². The number of nitrogens with zero attached hydrogens (tertiary/aromatic N) is 4. The topological polar surface area (TPSA) is 133 Å². The van der Waals surface area contributed by atoms with Gasteiger partial charge < -0.3 is 24.9 Å². The fraction of sp³-hybridized carbons (Fsp3) is 0.0667. The highest BCUT2D eigenvalue weighted by Crippen LogP contribution is 2.43. The van der Waals surface area contributed by atoms with Gasteiger partial charge in [-0.15, -0.1) is 0 Å². The van der Waals surface area contributed by atoms with Gasteiger partial charge in [0.05, 0.1) is 47.8 Å². The maximum Gasteiger partial charge on any atom is 0.512 e. The van der Waals surface area contributed by atoms with Gasteiger partial charge >= 0.3 is 12.2 Å². The van der Waals surface area contributed by atoms with E-state index in [4.69, 9.17) is 15.2 Å². The van der Waals surface area contributed by atoms with Gasteiger partial charge in [0.1, 0.15) is 16.8 Å². The van der Waals surface area contributed by atoms with Crippen LogP contribution in [0.15, 0.2) is 91.0 Å². The van der Waals surface area contributed by atoms with Crippen LogP contribution in [0.2, 0.25) is 0 Å². The maximum absolute atomic E-state index is 12.6. The van der Waals surface area contributed by atoms with Crippen LogP contribution in [-0.4, -0.2) is 37.7 Å². The Morgan fingerprint density at radius 3 is 2.39 bits per heavy atom. The zero-order chi connectivity index (χ0) is 28.5. The Bertz CT molecular complexity index is 1900. The van der Waals surface area contributed by atoms with E-state index < -0.39 is 12.2 Å². The van der Waals surface area contributed by atoms with Crippen molar-refractivity contribution in [3.8, 4) is 22.8 Å². The number of para-hydroxylation sites is 1. The molecule has 11 heteroatoms. The summed E-state index contributed by atoms with van der Waals surface area (Å²) in [4.78, 5) is 26.0. The van der Waals surface area contributed by atoms with E-state index in [1.165, 1.54) is 4.90 Å². The molecule has 2 aromatic heterocycles. The van der Waals surface area contributed by atoms with E-state index in [-0.39, 0.29) is 5.88 Å². The second-order valence-electron chi connectivity index (χ2n) is 9.16. The van der Waals surface area contributed by atoms with Gasteiger partial charge in [-0.25, -0.2) is 9.59 Å². The van der Waals surface area contributed by atoms with Crippen LogP contribution in [0.3, 0.4) is 0 Å². The highest BCUT2D eigenvalue weighted by molar-refractivity contribution is 7.00. The summed E-state index contributed by atoms with van der Waals surface area (Å²) in [5.74, 6) is 0.782. The molecule has 0 radical (unpaired) electrons. The van der Waals surface area contributed by atoms with E-state index in [2.05, 4.69) is 8.75 Å². The number of urea groups is 1. The summed E-state index contributed by atoms with van der Waals surface area (Å²) in [6, 6.07) is 26.8. The number of rotatable bonds is 7. The standard InChI is InChI=1S/C30H23N5O5S/c1-39-22-11-8-19(9-12-22)27-23-16-21(35(29(31)36)20-5-3-2-4-6-20)10-14-26(23)34(28(27)40-30(37)38)17-18-7-13-24-25(15-18)33-41-32-24/h2-16H,17H2,1H3,(H2,31,36)(H,37,38). The molecule has 0 atom stereocenters. The number of nitrogens with two attached hydrogens (primary N) is 1. The molecule has 4 aromatic carbocycles. The highest BCUT2D eigenvalue weighted by Gasteiger charge is 2.25. The van der Waals surface area contributed by atoms with Crippen LogP contribution >= 0.6 is 11.7 Å². The van der Waals surface area contributed by atoms with Crippen LogP contribution < -0.4 is 20.1 Å². The Morgan fingerprint density at radius 1 is 0.927 bits per heavy atom. The second-order valence-corrected chi connectivity index (χ2v) is 9.69. The van der Waals surface area contributed by atoms with Gasteiger partial charge in [-0.1, -0.05) is 36.4 Å². The Hall–Kier alpha value is -5.42. The van der Waals surface area contributed by atoms with Gasteiger partial charge in [-0.2, -0.15) is 8.75 Å². The number of carbonyl (C=O) groups is 2. The molecule has 6 rings (SSSR count). The number of hydrogen-bond donors (Lipinski definition) is 2. The third-order valence-electron chi connectivity index (χ3n) is 6.71. The quantitative estimate of drug-likeness (QED) is 0.207. The molecule has 204 valence electrons. The summed E-state index contributed by atoms with van der Waals surface area (Å²) in [5, 5.41) is 10.4. The molecule has 0 bridgehead atoms. The van der Waals surface area contributed by atoms with E-state index in [0.717, 1.165) is 28.3 Å². The zero-order valence-corrected chi connectivity index (χ0v) is 22.5. The van der Waals surface area contributed by atoms with Gasteiger partial charge in [0.15, 0.2) is 0 Å². The van der Waals surface area contributed by atoms with E-state index in [1.54, 1.807) is 42.0 Å². The first kappa shape index (κ1) is 25.8. The number of methoxy groups -OCH3 is 1. The van der Waals surface area contributed by atoms with Crippen molar-refractivity contribution in [1.82, 2.24) is 13.3 Å². The molecule has 10 nitrogen and oxygen atoms in total. The van der Waals surface area contributed by atoms with Crippen LogP contribution in [0.25, 0.3) is 33.1 Å². The molecule has 3 N–H and O–H groups in total. The summed E-state index contributed by atoms with van der Waals surface area (Å²) < 4.78 is 21.2. The third kappa shape index (κ3) is 4.90. The molecule has 0 aliphatic carbocycles. The van der Waals surface area contributed by atoms with Crippen LogP contribution in [0.1, 0.15) is 5.56 Å². The average molecular weight is 566 g/mol. The summed E-state index contributed by atoms with van der Waals surface area (Å²) in [5.41, 5.74) is 11.3. The molecule has 0 aliphatic rings. The van der Waals surface area contributed by atoms with Crippen molar-refractivity contribution in [2.45, 2.75) is 6.54 Å². The normalized spacial score (nSPS) is 11.0. The number of ether oxygens (including phenoxy) is 2. The first-order chi connectivity index (χ1) is 19.9. The van der Waals surface area contributed by atoms with Crippen molar-refractivity contribution in [3.05, 3.63) is 96.6 Å². The lowest BCUT2D eigenvalue weighted by Crippen LogP contribution is -2.31. The Kier molecular flexibility index (Phi) is 6.70. The van der Waals surface area contributed by atoms with Gasteiger partial charge in [0.25, 0.3) is 0 Å². The highest BCUT2D eigenvalue weighted by atomic mass is 32.1. The molecule has 2 heterocycles. The number of hydrogen-bond acceptors (Lipinski definition) is 7.